The van der Waals surface area contributed by atoms with Crippen molar-refractivity contribution >= 4 is 110 Å². The second-order valence-corrected chi connectivity index (χ2v) is 51.9. The molecule has 3 N–H and O–H groups in total. The Morgan fingerprint density at radius 2 is 0.651 bits per heavy atom. The second-order valence-electron chi connectivity index (χ2n) is 44.9. The van der Waals surface area contributed by atoms with Crippen molar-refractivity contribution in [2.24, 2.45) is 23.7 Å². The van der Waals surface area contributed by atoms with Crippen molar-refractivity contribution in [3.05, 3.63) is 0 Å². The van der Waals surface area contributed by atoms with Crippen molar-refractivity contribution < 1.29 is 109 Å². The molecule has 0 radical (unpaired) electrons. The Kier molecular flexibility index (Phi) is 73.1. The molecule has 0 spiro atoms. The van der Waals surface area contributed by atoms with Crippen LogP contribution in [0.15, 0.2) is 0 Å². The zero-order valence-corrected chi connectivity index (χ0v) is 101. The highest BCUT2D eigenvalue weighted by Gasteiger charge is 2.45. The van der Waals surface area contributed by atoms with E-state index >= 15 is 0 Å². The van der Waals surface area contributed by atoms with E-state index in [0.717, 1.165) is 69.7 Å². The average molecular weight is 2170 g/mol. The quantitative estimate of drug-likeness (QED) is 0.0220. The number of likely N-dealkylation sites (tertiary alicyclic amines) is 6. The Morgan fingerprint density at radius 3 is 1.01 bits per heavy atom. The highest BCUT2D eigenvalue weighted by atomic mass is 33.1. The van der Waals surface area contributed by atoms with Gasteiger partial charge in [-0.2, -0.15) is 0 Å². The summed E-state index contributed by atoms with van der Waals surface area (Å²) < 4.78 is 76.4. The van der Waals surface area contributed by atoms with Gasteiger partial charge in [-0.15, -0.1) is 0 Å². The van der Waals surface area contributed by atoms with Gasteiger partial charge in [0.1, 0.15) is 23.1 Å². The summed E-state index contributed by atoms with van der Waals surface area (Å²) in [6.07, 6.45) is 19.4. The van der Waals surface area contributed by atoms with Crippen molar-refractivity contribution in [1.82, 2.24) is 40.0 Å². The minimum Gasteiger partial charge on any atom is -0.377 e. The lowest BCUT2D eigenvalue weighted by molar-refractivity contribution is -0.139. The normalized spacial score (nSPS) is 21.7. The maximum absolute atomic E-state index is 13.0. The lowest BCUT2D eigenvalue weighted by Gasteiger charge is -2.26. The second kappa shape index (κ2) is 77.0. The molecule has 6 rings (SSSR count). The summed E-state index contributed by atoms with van der Waals surface area (Å²) in [7, 11) is 2.07. The topological polar surface area (TPSA) is 353 Å². The summed E-state index contributed by atoms with van der Waals surface area (Å²) in [5.41, 5.74) is 0. The number of carbonyl (C=O) groups excluding carboxylic acids is 10. The molecule has 6 heterocycles. The molecule has 6 amide bonds. The van der Waals surface area contributed by atoms with Crippen molar-refractivity contribution in [1.29, 1.82) is 0 Å². The SMILES string of the molecule is CC(C)CCCCCCCCCC(=O)CCC(=O)N1C[C@H](OC(C)C)C[C@H]1COC(C)C.CC(C)NCCCC(=O)CCC(=O)N1C[C@H](C)C[C@H]1COP(=O)(O)O[C@@H]1C[C@@H](COC(C)C)N(C(=O)CCCNC(C)C)C1.CC(C)OC[C@@H]1C[C@@H](OC(C)C)CN1C(=O)CC(=O)C(C)C.CC(C)OC[C@@H]1C[C@@H](OC(C)C)CN1C(=O)CSSC(C)C.CC(C)OC[C@@H]1C[C@@H](OC(C)C)CN1C(=O)CSSCCC(=O)C(C)C. The summed E-state index contributed by atoms with van der Waals surface area (Å²) in [5.74, 6) is 3.36. The lowest BCUT2D eigenvalue weighted by atomic mass is 10.0. The fraction of sp³-hybridized carbons (Fsp3) is 0.909. The molecule has 0 aromatic heterocycles. The van der Waals surface area contributed by atoms with E-state index in [1.54, 1.807) is 47.1 Å². The van der Waals surface area contributed by atoms with Crippen molar-refractivity contribution in [2.45, 2.75) is 514 Å². The maximum atomic E-state index is 13.0. The molecule has 146 heavy (non-hydrogen) atoms. The van der Waals surface area contributed by atoms with Crippen molar-refractivity contribution in [3.63, 3.8) is 0 Å². The van der Waals surface area contributed by atoms with Crippen LogP contribution in [0.1, 0.15) is 375 Å². The van der Waals surface area contributed by atoms with Gasteiger partial charge in [0.2, 0.25) is 35.4 Å². The number of ketones is 4. The third-order valence-corrected chi connectivity index (χ3v) is 31.2. The number of nitrogens with one attached hydrogen (secondary N) is 2. The average Bonchev–Trinajstić information content (AvgIpc) is 1.67. The number of amides is 6. The number of hydrogen-bond donors (Lipinski definition) is 3. The number of phosphoric acid groups is 1. The Labute approximate surface area is 900 Å². The van der Waals surface area contributed by atoms with Crippen LogP contribution < -0.4 is 10.6 Å². The highest BCUT2D eigenvalue weighted by molar-refractivity contribution is 8.77. The number of nitrogens with zero attached hydrogens (tertiary/aromatic N) is 6. The van der Waals surface area contributed by atoms with Gasteiger partial charge >= 0.3 is 7.82 Å². The minimum absolute atomic E-state index is 0.00128. The Balaban J connectivity index is 0.000000634. The number of hydrogen-bond acceptors (Lipinski definition) is 28. The predicted molar refractivity (Wildman–Crippen MR) is 595 cm³/mol. The van der Waals surface area contributed by atoms with E-state index in [-0.39, 0.29) is 224 Å². The molecular formula is C110H207N8O23PS4. The monoisotopic (exact) mass is 2170 g/mol. The van der Waals surface area contributed by atoms with Gasteiger partial charge in [-0.3, -0.25) is 57.0 Å². The van der Waals surface area contributed by atoms with Gasteiger partial charge < -0.3 is 87.6 Å². The Bertz CT molecular complexity index is 3660. The summed E-state index contributed by atoms with van der Waals surface area (Å²) in [4.78, 5) is 146. The van der Waals surface area contributed by atoms with Gasteiger partial charge in [-0.25, -0.2) is 4.57 Å². The number of rotatable bonds is 68. The standard InChI is InChI=1S/C31H59N4O8P.C27H51NO4.C19H35NO4S2.C17H31NO4.C16H31NO3S2/c1-22(2)32-14-8-10-28(36)12-13-31(38)34-18-25(7)16-26(34)21-42-44(39,40)43-29-17-27(20-41-24(5)6)35(19-29)30(37)11-9-15-33-23(3)4;1-21(2)14-12-10-8-7-9-11-13-15-25(29)16-17-27(30)28-19-26(32-23(5)6)18-24(28)20-31-22(3)4;1-13(2)18(21)7-8-25-26-12-19(22)20-10-17(24-15(5)6)9-16(20)11-23-14(3)4;1-11(2)16(19)8-17(20)18-9-15(22-13(5)6)7-14(18)10-21-12(3)4;1-11(2)19-9-14-7-15(20-12(3)4)8-17(14)16(18)10-21-22-13(5)6/h22-27,29,32-33H,8-21H2,1-7H3,(H,39,40);21-24,26H,7-20H2,1-6H3;13-17H,7-12H2,1-6H3;2*11-15H,7-10H2,1-6H3/t25-,26+,27+,29-;24-,26+;16-,17+;2*14-,15+/m10000/s1. The van der Waals surface area contributed by atoms with Crippen molar-refractivity contribution in [3.8, 4) is 0 Å². The minimum atomic E-state index is -4.47. The van der Waals surface area contributed by atoms with E-state index in [2.05, 4.69) is 66.0 Å². The molecule has 6 saturated heterocycles. The smallest absolute Gasteiger partial charge is 0.377 e. The maximum Gasteiger partial charge on any atom is 0.472 e. The molecule has 6 aliphatic heterocycles. The van der Waals surface area contributed by atoms with Crippen LogP contribution in [-0.4, -0.2) is 341 Å². The molecule has 1 unspecified atom stereocenters. The van der Waals surface area contributed by atoms with Crippen LogP contribution in [0.25, 0.3) is 0 Å². The molecule has 0 saturated carbocycles. The number of carbonyl (C=O) groups is 10. The molecule has 6 fully saturated rings. The summed E-state index contributed by atoms with van der Waals surface area (Å²) in [5, 5.41) is 7.12. The molecule has 0 aromatic carbocycles. The van der Waals surface area contributed by atoms with Crippen molar-refractivity contribution in [2.75, 3.05) is 109 Å². The third-order valence-electron chi connectivity index (χ3n) is 25.1. The van der Waals surface area contributed by atoms with Gasteiger partial charge in [0, 0.05) is 126 Å². The van der Waals surface area contributed by atoms with Crippen LogP contribution in [-0.2, 0) is 104 Å². The zero-order valence-electron chi connectivity index (χ0n) is 96.5. The molecule has 36 heteroatoms. The van der Waals surface area contributed by atoms with E-state index in [4.69, 9.17) is 51.7 Å². The molecule has 854 valence electrons. The van der Waals surface area contributed by atoms with Crippen LogP contribution in [0.3, 0.4) is 0 Å². The van der Waals surface area contributed by atoms with Crippen LogP contribution in [0.2, 0.25) is 0 Å². The summed E-state index contributed by atoms with van der Waals surface area (Å²) in [6.45, 7) is 69.7. The number of Topliss-reactive ketones (excluding diaryl/α,β-unsaturated/α-hetero) is 4. The van der Waals surface area contributed by atoms with E-state index in [1.165, 1.54) is 49.3 Å². The first kappa shape index (κ1) is 139. The molecule has 0 aliphatic carbocycles. The Morgan fingerprint density at radius 1 is 0.329 bits per heavy atom. The van der Waals surface area contributed by atoms with Crippen LogP contribution in [0.4, 0.5) is 0 Å². The van der Waals surface area contributed by atoms with E-state index < -0.39 is 13.9 Å². The van der Waals surface area contributed by atoms with Crippen LogP contribution >= 0.6 is 51.0 Å². The first-order chi connectivity index (χ1) is 68.5. The molecule has 13 atom stereocenters. The van der Waals surface area contributed by atoms with Gasteiger partial charge in [-0.05, 0) is 207 Å². The summed E-state index contributed by atoms with van der Waals surface area (Å²) in [6, 6.07) is 0.349. The first-order valence-corrected chi connectivity index (χ1v) is 62.1. The largest absolute Gasteiger partial charge is 0.472 e. The molecule has 0 aromatic rings. The van der Waals surface area contributed by atoms with Crippen LogP contribution in [0.5, 0.6) is 0 Å². The molecule has 6 aliphatic rings. The third kappa shape index (κ3) is 64.2. The molecule has 0 bridgehead atoms. The first-order valence-electron chi connectivity index (χ1n) is 55.8. The van der Waals surface area contributed by atoms with Gasteiger partial charge in [0.05, 0.1) is 179 Å². The Hall–Kier alpha value is -3.43. The highest BCUT2D eigenvalue weighted by Crippen LogP contribution is 2.48. The van der Waals surface area contributed by atoms with Gasteiger partial charge in [0.25, 0.3) is 0 Å². The predicted octanol–water partition coefficient (Wildman–Crippen LogP) is 19.8. The molecule has 31 nitrogen and oxygen atoms in total. The van der Waals surface area contributed by atoms with Gasteiger partial charge in [0.15, 0.2) is 0 Å². The van der Waals surface area contributed by atoms with Crippen LogP contribution in [0, 0.1) is 23.7 Å². The number of phosphoric ester groups is 1. The van der Waals surface area contributed by atoms with Gasteiger partial charge in [-0.1, -0.05) is 178 Å². The fourth-order valence-electron chi connectivity index (χ4n) is 17.9. The van der Waals surface area contributed by atoms with E-state index in [1.807, 2.05) is 174 Å². The number of ether oxygens (including phenoxy) is 9. The van der Waals surface area contributed by atoms with E-state index in [9.17, 15) is 57.4 Å². The molecular weight excluding hydrogens is 1960 g/mol. The number of unbranched alkanes of at least 4 members (excludes halogenated alkanes) is 6. The lowest BCUT2D eigenvalue weighted by Crippen LogP contribution is -2.40. The fourth-order valence-corrected chi connectivity index (χ4v) is 22.7. The zero-order chi connectivity index (χ0) is 110. The van der Waals surface area contributed by atoms with E-state index in [0.29, 0.717) is 152 Å². The summed E-state index contributed by atoms with van der Waals surface area (Å²) >= 11 is 0.